The normalized spacial score (nSPS) is 12.3. The predicted octanol–water partition coefficient (Wildman–Crippen LogP) is 12.1. The summed E-state index contributed by atoms with van der Waals surface area (Å²) in [6.45, 7) is 0.965. The second kappa shape index (κ2) is 17.8. The van der Waals surface area contributed by atoms with Gasteiger partial charge in [-0.1, -0.05) is 48.5 Å². The SMILES string of the molecule is CC(=O)O/C(=C(/C#N)c1nc(-c2c(F)cccc2F)cs1)c1ccccc1C(F)(F)F.N#C/C(=C(/O)c1ccccc1C(F)(F)F)c1nc(-c2c(F)cccc2F)cs1. The molecule has 6 rings (SSSR count). The molecular weight excluding hydrogens is 839 g/mol. The van der Waals surface area contributed by atoms with Crippen molar-refractivity contribution >= 4 is 51.3 Å². The number of nitriles is 2. The Bertz CT molecular complexity index is 2660. The van der Waals surface area contributed by atoms with Crippen LogP contribution >= 0.6 is 22.7 Å². The number of ether oxygens (including phenoxy) is 1. The fourth-order valence-electron chi connectivity index (χ4n) is 5.27. The summed E-state index contributed by atoms with van der Waals surface area (Å²) >= 11 is 1.53. The van der Waals surface area contributed by atoms with E-state index in [1.807, 2.05) is 0 Å². The molecule has 2 heterocycles. The quantitative estimate of drug-likeness (QED) is 0.0734. The van der Waals surface area contributed by atoms with Gasteiger partial charge in [0.25, 0.3) is 0 Å². The van der Waals surface area contributed by atoms with E-state index in [9.17, 15) is 64.3 Å². The topological polar surface area (TPSA) is 120 Å². The number of aliphatic hydroxyl groups is 1. The van der Waals surface area contributed by atoms with Gasteiger partial charge in [-0.05, 0) is 36.4 Å². The van der Waals surface area contributed by atoms with Gasteiger partial charge in [0, 0.05) is 28.8 Å². The second-order valence-corrected chi connectivity index (χ2v) is 13.3. The lowest BCUT2D eigenvalue weighted by molar-refractivity contribution is -0.139. The molecule has 4 aromatic carbocycles. The highest BCUT2D eigenvalue weighted by molar-refractivity contribution is 7.11. The van der Waals surface area contributed by atoms with Crippen molar-refractivity contribution in [2.75, 3.05) is 0 Å². The van der Waals surface area contributed by atoms with Gasteiger partial charge in [-0.2, -0.15) is 36.9 Å². The number of hydrogen-bond acceptors (Lipinski definition) is 9. The van der Waals surface area contributed by atoms with E-state index in [1.54, 1.807) is 12.1 Å². The highest BCUT2D eigenvalue weighted by Gasteiger charge is 2.36. The van der Waals surface area contributed by atoms with E-state index < -0.39 is 97.6 Å². The van der Waals surface area contributed by atoms with Crippen molar-refractivity contribution in [3.8, 4) is 34.7 Å². The van der Waals surface area contributed by atoms with E-state index >= 15 is 0 Å². The lowest BCUT2D eigenvalue weighted by atomic mass is 10.0. The third kappa shape index (κ3) is 9.66. The first kappa shape index (κ1) is 43.3. The molecule has 0 aliphatic heterocycles. The Balaban J connectivity index is 0.000000225. The molecule has 0 atom stereocenters. The molecule has 0 fully saturated rings. The van der Waals surface area contributed by atoms with Crippen molar-refractivity contribution in [2.45, 2.75) is 19.3 Å². The van der Waals surface area contributed by atoms with Crippen molar-refractivity contribution < 1.29 is 58.5 Å². The summed E-state index contributed by atoms with van der Waals surface area (Å²) in [5.41, 5.74) is -5.60. The maximum absolute atomic E-state index is 14.1. The van der Waals surface area contributed by atoms with Crippen LogP contribution in [0, 0.1) is 45.9 Å². The van der Waals surface area contributed by atoms with Crippen LogP contribution in [-0.4, -0.2) is 21.0 Å². The minimum atomic E-state index is -4.80. The van der Waals surface area contributed by atoms with E-state index in [0.29, 0.717) is 0 Å². The average Bonchev–Trinajstić information content (AvgIpc) is 3.85. The minimum Gasteiger partial charge on any atom is -0.506 e. The maximum Gasteiger partial charge on any atom is 0.417 e. The number of carbonyl (C=O) groups is 1. The molecule has 0 unspecified atom stereocenters. The number of benzene rings is 4. The van der Waals surface area contributed by atoms with Crippen LogP contribution in [-0.2, 0) is 21.9 Å². The molecule has 0 radical (unpaired) electrons. The van der Waals surface area contributed by atoms with Gasteiger partial charge in [-0.25, -0.2) is 27.5 Å². The third-order valence-electron chi connectivity index (χ3n) is 7.77. The second-order valence-electron chi connectivity index (χ2n) is 11.6. The first-order chi connectivity index (χ1) is 27.9. The van der Waals surface area contributed by atoms with Crippen molar-refractivity contribution in [1.29, 1.82) is 10.5 Å². The number of halogens is 10. The Kier molecular flexibility index (Phi) is 13.0. The van der Waals surface area contributed by atoms with Crippen LogP contribution in [0.15, 0.2) is 95.7 Å². The van der Waals surface area contributed by atoms with E-state index in [1.165, 1.54) is 29.0 Å². The minimum absolute atomic E-state index is 0.139. The smallest absolute Gasteiger partial charge is 0.417 e. The fraction of sp³-hybridized carbons (Fsp3) is 0.0750. The lowest BCUT2D eigenvalue weighted by Gasteiger charge is -2.15. The number of hydrogen-bond donors (Lipinski definition) is 1. The Morgan fingerprint density at radius 3 is 1.42 bits per heavy atom. The Morgan fingerprint density at radius 2 is 1.02 bits per heavy atom. The molecule has 19 heteroatoms. The van der Waals surface area contributed by atoms with Gasteiger partial charge in [-0.15, -0.1) is 22.7 Å². The molecule has 59 heavy (non-hydrogen) atoms. The predicted molar refractivity (Wildman–Crippen MR) is 197 cm³/mol. The van der Waals surface area contributed by atoms with E-state index in [-0.39, 0.29) is 21.4 Å². The summed E-state index contributed by atoms with van der Waals surface area (Å²) in [5.74, 6) is -6.11. The monoisotopic (exact) mass is 858 g/mol. The zero-order chi connectivity index (χ0) is 43.2. The van der Waals surface area contributed by atoms with Crippen LogP contribution < -0.4 is 0 Å². The van der Waals surface area contributed by atoms with Gasteiger partial charge in [0.15, 0.2) is 5.76 Å². The van der Waals surface area contributed by atoms with Crippen LogP contribution in [0.5, 0.6) is 0 Å². The molecule has 0 saturated heterocycles. The number of aromatic nitrogens is 2. The summed E-state index contributed by atoms with van der Waals surface area (Å²) in [4.78, 5) is 19.5. The molecule has 0 spiro atoms. The molecule has 2 aromatic heterocycles. The summed E-state index contributed by atoms with van der Waals surface area (Å²) in [7, 11) is 0. The highest BCUT2D eigenvalue weighted by Crippen LogP contribution is 2.40. The van der Waals surface area contributed by atoms with Gasteiger partial charge in [0.1, 0.15) is 62.3 Å². The van der Waals surface area contributed by atoms with Crippen LogP contribution in [0.4, 0.5) is 43.9 Å². The number of alkyl halides is 6. The first-order valence-corrected chi connectivity index (χ1v) is 17.9. The number of rotatable bonds is 7. The van der Waals surface area contributed by atoms with E-state index in [0.717, 1.165) is 96.3 Å². The van der Waals surface area contributed by atoms with Gasteiger partial charge in [0.2, 0.25) is 0 Å². The number of esters is 1. The van der Waals surface area contributed by atoms with E-state index in [2.05, 4.69) is 9.97 Å². The van der Waals surface area contributed by atoms with Crippen molar-refractivity contribution in [2.24, 2.45) is 0 Å². The molecule has 6 aromatic rings. The van der Waals surface area contributed by atoms with Gasteiger partial charge in [0.05, 0.1) is 33.6 Å². The number of thiazole rings is 2. The number of aliphatic hydroxyl groups excluding tert-OH is 1. The fourth-order valence-corrected chi connectivity index (χ4v) is 6.88. The van der Waals surface area contributed by atoms with Crippen LogP contribution in [0.1, 0.15) is 39.2 Å². The zero-order valence-corrected chi connectivity index (χ0v) is 31.0. The third-order valence-corrected chi connectivity index (χ3v) is 9.49. The van der Waals surface area contributed by atoms with Gasteiger partial charge >= 0.3 is 18.3 Å². The summed E-state index contributed by atoms with van der Waals surface area (Å²) in [5, 5.41) is 31.5. The molecule has 0 bridgehead atoms. The molecule has 0 saturated carbocycles. The summed E-state index contributed by atoms with van der Waals surface area (Å²) in [6, 6.07) is 18.2. The zero-order valence-electron chi connectivity index (χ0n) is 29.4. The van der Waals surface area contributed by atoms with Crippen LogP contribution in [0.3, 0.4) is 0 Å². The Hall–Kier alpha value is -6.83. The summed E-state index contributed by atoms with van der Waals surface area (Å²) in [6.07, 6.45) is -9.55. The lowest BCUT2D eigenvalue weighted by Crippen LogP contribution is -2.11. The molecule has 0 aliphatic rings. The summed E-state index contributed by atoms with van der Waals surface area (Å²) < 4.78 is 141. The van der Waals surface area contributed by atoms with Crippen LogP contribution in [0.25, 0.3) is 45.2 Å². The van der Waals surface area contributed by atoms with Crippen LogP contribution in [0.2, 0.25) is 0 Å². The molecule has 7 nitrogen and oxygen atoms in total. The van der Waals surface area contributed by atoms with Gasteiger partial charge < -0.3 is 9.84 Å². The average molecular weight is 859 g/mol. The number of allylic oxidation sites excluding steroid dienone is 2. The molecule has 300 valence electrons. The first-order valence-electron chi connectivity index (χ1n) is 16.2. The largest absolute Gasteiger partial charge is 0.506 e. The number of nitrogens with zero attached hydrogens (tertiary/aromatic N) is 4. The van der Waals surface area contributed by atoms with E-state index in [4.69, 9.17) is 4.74 Å². The van der Waals surface area contributed by atoms with Gasteiger partial charge in [-0.3, -0.25) is 4.79 Å². The van der Waals surface area contributed by atoms with Crippen molar-refractivity contribution in [3.05, 3.63) is 151 Å². The molecule has 0 aliphatic carbocycles. The highest BCUT2D eigenvalue weighted by atomic mass is 32.1. The maximum atomic E-state index is 14.1. The Labute approximate surface area is 334 Å². The van der Waals surface area contributed by atoms with Crippen molar-refractivity contribution in [3.63, 3.8) is 0 Å². The molecule has 0 amide bonds. The van der Waals surface area contributed by atoms with Crippen molar-refractivity contribution in [1.82, 2.24) is 9.97 Å². The number of carbonyl (C=O) groups excluding carboxylic acids is 1. The molecular formula is C40H20F10N4O3S2. The standard InChI is InChI=1S/C21H11F5N2O2S.C19H9F5N2OS/c1-11(29)30-19(12-5-2-3-6-14(12)21(24,25)26)13(9-27)20-28-17(10-31-20)18-15(22)7-4-8-16(18)23;20-13-6-3-7-14(21)16(13)15-9-28-18(26-15)11(8-25)17(27)10-4-1-2-5-12(10)19(22,23)24/h2-8,10H,1H3;1-7,9,27H/b19-13-;17-11-. The Morgan fingerprint density at radius 1 is 0.627 bits per heavy atom. The molecule has 1 N–H and O–H groups in total.